The minimum atomic E-state index is 0.0956. The van der Waals surface area contributed by atoms with Gasteiger partial charge in [0.15, 0.2) is 0 Å². The summed E-state index contributed by atoms with van der Waals surface area (Å²) in [4.78, 5) is 12.9. The SMILES string of the molecule is CN(C)c1nccc(N2CCC(OCCO)CC2)n1. The van der Waals surface area contributed by atoms with E-state index in [1.54, 1.807) is 6.20 Å². The topological polar surface area (TPSA) is 61.7 Å². The molecule has 0 atom stereocenters. The Labute approximate surface area is 114 Å². The van der Waals surface area contributed by atoms with Gasteiger partial charge in [0.2, 0.25) is 5.95 Å². The first kappa shape index (κ1) is 14.0. The third-order valence-electron chi connectivity index (χ3n) is 3.24. The fraction of sp³-hybridized carbons (Fsp3) is 0.692. The minimum Gasteiger partial charge on any atom is -0.394 e. The van der Waals surface area contributed by atoms with E-state index in [-0.39, 0.29) is 12.7 Å². The number of hydrogen-bond acceptors (Lipinski definition) is 6. The molecule has 1 saturated heterocycles. The molecule has 19 heavy (non-hydrogen) atoms. The minimum absolute atomic E-state index is 0.0956. The van der Waals surface area contributed by atoms with Crippen molar-refractivity contribution in [1.82, 2.24) is 9.97 Å². The molecular weight excluding hydrogens is 244 g/mol. The van der Waals surface area contributed by atoms with Gasteiger partial charge in [0.1, 0.15) is 5.82 Å². The average molecular weight is 266 g/mol. The summed E-state index contributed by atoms with van der Waals surface area (Å²) in [5.41, 5.74) is 0. The molecule has 1 N–H and O–H groups in total. The van der Waals surface area contributed by atoms with E-state index in [2.05, 4.69) is 14.9 Å². The van der Waals surface area contributed by atoms with E-state index >= 15 is 0 Å². The van der Waals surface area contributed by atoms with Crippen molar-refractivity contribution < 1.29 is 9.84 Å². The predicted molar refractivity (Wildman–Crippen MR) is 74.6 cm³/mol. The Morgan fingerprint density at radius 1 is 1.42 bits per heavy atom. The molecule has 6 nitrogen and oxygen atoms in total. The Morgan fingerprint density at radius 3 is 2.79 bits per heavy atom. The summed E-state index contributed by atoms with van der Waals surface area (Å²) in [7, 11) is 3.88. The second kappa shape index (κ2) is 6.68. The molecule has 0 radical (unpaired) electrons. The van der Waals surface area contributed by atoms with Crippen LogP contribution in [0.2, 0.25) is 0 Å². The average Bonchev–Trinajstić information content (AvgIpc) is 2.46. The molecule has 106 valence electrons. The van der Waals surface area contributed by atoms with Gasteiger partial charge in [0, 0.05) is 33.4 Å². The molecule has 2 heterocycles. The number of aromatic nitrogens is 2. The van der Waals surface area contributed by atoms with Gasteiger partial charge in [-0.2, -0.15) is 4.98 Å². The van der Waals surface area contributed by atoms with Crippen LogP contribution in [0.25, 0.3) is 0 Å². The van der Waals surface area contributed by atoms with Crippen LogP contribution in [-0.2, 0) is 4.74 Å². The lowest BCUT2D eigenvalue weighted by atomic mass is 10.1. The van der Waals surface area contributed by atoms with Crippen molar-refractivity contribution in [1.29, 1.82) is 0 Å². The van der Waals surface area contributed by atoms with Crippen LogP contribution in [0.3, 0.4) is 0 Å². The fourth-order valence-corrected chi connectivity index (χ4v) is 2.20. The van der Waals surface area contributed by atoms with Crippen molar-refractivity contribution in [3.63, 3.8) is 0 Å². The number of aliphatic hydroxyl groups is 1. The number of rotatable bonds is 5. The van der Waals surface area contributed by atoms with Crippen molar-refractivity contribution in [2.75, 3.05) is 50.2 Å². The van der Waals surface area contributed by atoms with E-state index in [1.807, 2.05) is 25.1 Å². The predicted octanol–water partition coefficient (Wildman–Crippen LogP) is 0.520. The molecule has 0 aliphatic carbocycles. The summed E-state index contributed by atoms with van der Waals surface area (Å²) in [6, 6.07) is 1.95. The first-order valence-electron chi connectivity index (χ1n) is 6.68. The van der Waals surface area contributed by atoms with Crippen molar-refractivity contribution in [3.05, 3.63) is 12.3 Å². The summed E-state index contributed by atoms with van der Waals surface area (Å²) in [6.07, 6.45) is 4.01. The largest absolute Gasteiger partial charge is 0.394 e. The van der Waals surface area contributed by atoms with E-state index in [0.717, 1.165) is 37.7 Å². The van der Waals surface area contributed by atoms with Gasteiger partial charge in [-0.05, 0) is 18.9 Å². The van der Waals surface area contributed by atoms with Crippen LogP contribution in [0.4, 0.5) is 11.8 Å². The molecule has 1 fully saturated rings. The lowest BCUT2D eigenvalue weighted by Crippen LogP contribution is -2.38. The molecule has 0 saturated carbocycles. The standard InChI is InChI=1S/C13H22N4O2/c1-16(2)13-14-6-3-12(15-13)17-7-4-11(5-8-17)19-10-9-18/h3,6,11,18H,4-5,7-10H2,1-2H3. The highest BCUT2D eigenvalue weighted by Gasteiger charge is 2.20. The maximum Gasteiger partial charge on any atom is 0.226 e. The van der Waals surface area contributed by atoms with Crippen molar-refractivity contribution in [2.24, 2.45) is 0 Å². The quantitative estimate of drug-likeness (QED) is 0.838. The van der Waals surface area contributed by atoms with Crippen LogP contribution in [0, 0.1) is 0 Å². The number of aliphatic hydroxyl groups excluding tert-OH is 1. The number of nitrogens with zero attached hydrogens (tertiary/aromatic N) is 4. The second-order valence-electron chi connectivity index (χ2n) is 4.89. The maximum absolute atomic E-state index is 8.75. The monoisotopic (exact) mass is 266 g/mol. The van der Waals surface area contributed by atoms with Crippen LogP contribution < -0.4 is 9.80 Å². The normalized spacial score (nSPS) is 16.7. The van der Waals surface area contributed by atoms with E-state index in [9.17, 15) is 0 Å². The number of anilines is 2. The molecule has 0 bridgehead atoms. The number of piperidine rings is 1. The third kappa shape index (κ3) is 3.78. The smallest absolute Gasteiger partial charge is 0.226 e. The third-order valence-corrected chi connectivity index (χ3v) is 3.24. The zero-order valence-electron chi connectivity index (χ0n) is 11.6. The Kier molecular flexibility index (Phi) is 4.93. The van der Waals surface area contributed by atoms with E-state index in [4.69, 9.17) is 9.84 Å². The Balaban J connectivity index is 1.92. The molecule has 1 aliphatic heterocycles. The lowest BCUT2D eigenvalue weighted by molar-refractivity contribution is 0.0158. The van der Waals surface area contributed by atoms with Gasteiger partial charge in [0.25, 0.3) is 0 Å². The van der Waals surface area contributed by atoms with Gasteiger partial charge in [-0.3, -0.25) is 0 Å². The van der Waals surface area contributed by atoms with E-state index in [1.165, 1.54) is 0 Å². The summed E-state index contributed by atoms with van der Waals surface area (Å²) in [5, 5.41) is 8.75. The van der Waals surface area contributed by atoms with Crippen LogP contribution >= 0.6 is 0 Å². The molecule has 6 heteroatoms. The summed E-state index contributed by atoms with van der Waals surface area (Å²) in [6.45, 7) is 2.39. The first-order valence-corrected chi connectivity index (χ1v) is 6.68. The maximum atomic E-state index is 8.75. The second-order valence-corrected chi connectivity index (χ2v) is 4.89. The van der Waals surface area contributed by atoms with Crippen LogP contribution in [0.1, 0.15) is 12.8 Å². The lowest BCUT2D eigenvalue weighted by Gasteiger charge is -2.32. The molecule has 2 rings (SSSR count). The van der Waals surface area contributed by atoms with Gasteiger partial charge in [-0.25, -0.2) is 4.98 Å². The van der Waals surface area contributed by atoms with Crippen LogP contribution in [0.15, 0.2) is 12.3 Å². The van der Waals surface area contributed by atoms with Crippen LogP contribution in [-0.4, -0.2) is 61.6 Å². The fourth-order valence-electron chi connectivity index (χ4n) is 2.20. The highest BCUT2D eigenvalue weighted by Crippen LogP contribution is 2.20. The Hall–Kier alpha value is -1.40. The highest BCUT2D eigenvalue weighted by molar-refractivity contribution is 5.43. The molecule has 0 spiro atoms. The van der Waals surface area contributed by atoms with E-state index < -0.39 is 0 Å². The Morgan fingerprint density at radius 2 is 2.16 bits per heavy atom. The van der Waals surface area contributed by atoms with E-state index in [0.29, 0.717) is 6.61 Å². The van der Waals surface area contributed by atoms with Crippen molar-refractivity contribution in [3.8, 4) is 0 Å². The molecule has 1 aromatic heterocycles. The summed E-state index contributed by atoms with van der Waals surface area (Å²) >= 11 is 0. The van der Waals surface area contributed by atoms with Gasteiger partial charge in [0.05, 0.1) is 19.3 Å². The molecule has 0 aromatic carbocycles. The van der Waals surface area contributed by atoms with Gasteiger partial charge in [-0.1, -0.05) is 0 Å². The zero-order valence-corrected chi connectivity index (χ0v) is 11.6. The molecular formula is C13H22N4O2. The molecule has 1 aliphatic rings. The summed E-state index contributed by atoms with van der Waals surface area (Å²) < 4.78 is 5.56. The van der Waals surface area contributed by atoms with Crippen LogP contribution in [0.5, 0.6) is 0 Å². The van der Waals surface area contributed by atoms with Gasteiger partial charge in [-0.15, -0.1) is 0 Å². The summed E-state index contributed by atoms with van der Waals surface area (Å²) in [5.74, 6) is 1.70. The first-order chi connectivity index (χ1) is 9.20. The molecule has 0 amide bonds. The zero-order chi connectivity index (χ0) is 13.7. The molecule has 0 unspecified atom stereocenters. The number of ether oxygens (including phenoxy) is 1. The van der Waals surface area contributed by atoms with Crippen molar-refractivity contribution in [2.45, 2.75) is 18.9 Å². The highest BCUT2D eigenvalue weighted by atomic mass is 16.5. The number of hydrogen-bond donors (Lipinski definition) is 1. The van der Waals surface area contributed by atoms with Crippen molar-refractivity contribution >= 4 is 11.8 Å². The Bertz CT molecular complexity index is 392. The van der Waals surface area contributed by atoms with Gasteiger partial charge < -0.3 is 19.6 Å². The molecule has 1 aromatic rings. The van der Waals surface area contributed by atoms with Gasteiger partial charge >= 0.3 is 0 Å².